The summed E-state index contributed by atoms with van der Waals surface area (Å²) in [6, 6.07) is 37.3. The lowest BCUT2D eigenvalue weighted by Crippen LogP contribution is -2.39. The zero-order chi connectivity index (χ0) is 23.3. The summed E-state index contributed by atoms with van der Waals surface area (Å²) in [7, 11) is -1.56. The van der Waals surface area contributed by atoms with E-state index in [9.17, 15) is 0 Å². The van der Waals surface area contributed by atoms with E-state index in [0.29, 0.717) is 0 Å². The third kappa shape index (κ3) is 3.43. The molecule has 2 heteroatoms. The molecule has 0 aliphatic heterocycles. The number of hydrogen-bond donors (Lipinski definition) is 0. The van der Waals surface area contributed by atoms with Crippen molar-refractivity contribution in [2.45, 2.75) is 19.6 Å². The Morgan fingerprint density at radius 2 is 1.03 bits per heavy atom. The van der Waals surface area contributed by atoms with Crippen LogP contribution in [-0.4, -0.2) is 13.1 Å². The Balaban J connectivity index is 1.62. The lowest BCUT2D eigenvalue weighted by Gasteiger charge is -2.21. The first-order valence-corrected chi connectivity index (χ1v) is 15.4. The fraction of sp³-hybridized carbons (Fsp3) is 0.0938. The molecule has 0 N–H and O–H groups in total. The van der Waals surface area contributed by atoms with Crippen molar-refractivity contribution in [1.29, 1.82) is 0 Å². The van der Waals surface area contributed by atoms with Crippen LogP contribution < -0.4 is 5.19 Å². The molecule has 0 atom stereocenters. The van der Waals surface area contributed by atoms with E-state index >= 15 is 0 Å². The Morgan fingerprint density at radius 3 is 1.62 bits per heavy atom. The largest absolute Gasteiger partial charge is 0.256 e. The second-order valence-electron chi connectivity index (χ2n) is 10.1. The molecule has 0 aliphatic carbocycles. The van der Waals surface area contributed by atoms with Crippen molar-refractivity contribution in [2.24, 2.45) is 0 Å². The Hall–Kier alpha value is -3.75. The maximum Gasteiger partial charge on any atom is 0.0804 e. The normalized spacial score (nSPS) is 12.0. The van der Waals surface area contributed by atoms with Crippen molar-refractivity contribution in [3.8, 4) is 22.4 Å². The van der Waals surface area contributed by atoms with E-state index in [1.54, 1.807) is 0 Å². The number of aromatic nitrogens is 1. The lowest BCUT2D eigenvalue weighted by molar-refractivity contribution is 1.34. The summed E-state index contributed by atoms with van der Waals surface area (Å²) in [5, 5.41) is 9.18. The third-order valence-electron chi connectivity index (χ3n) is 6.84. The summed E-state index contributed by atoms with van der Waals surface area (Å²) < 4.78 is 0. The van der Waals surface area contributed by atoms with Crippen molar-refractivity contribution in [2.75, 3.05) is 0 Å². The van der Waals surface area contributed by atoms with Crippen molar-refractivity contribution < 1.29 is 0 Å². The minimum absolute atomic E-state index is 1.03. The van der Waals surface area contributed by atoms with Crippen molar-refractivity contribution >= 4 is 45.6 Å². The summed E-state index contributed by atoms with van der Waals surface area (Å²) in [5.41, 5.74) is 4.77. The summed E-state index contributed by atoms with van der Waals surface area (Å²) in [6.45, 7) is 7.18. The predicted molar refractivity (Wildman–Crippen MR) is 151 cm³/mol. The molecule has 6 rings (SSSR count). The first-order valence-electron chi connectivity index (χ1n) is 11.9. The van der Waals surface area contributed by atoms with Crippen LogP contribution >= 0.6 is 0 Å². The van der Waals surface area contributed by atoms with Crippen LogP contribution in [-0.2, 0) is 0 Å². The van der Waals surface area contributed by atoms with Crippen LogP contribution in [0.1, 0.15) is 0 Å². The highest BCUT2D eigenvalue weighted by atomic mass is 28.3. The van der Waals surface area contributed by atoms with E-state index in [1.165, 1.54) is 48.6 Å². The molecule has 0 amide bonds. The molecular formula is C32H27NSi. The maximum absolute atomic E-state index is 4.99. The first kappa shape index (κ1) is 20.8. The van der Waals surface area contributed by atoms with Gasteiger partial charge in [0.2, 0.25) is 0 Å². The Morgan fingerprint density at radius 1 is 0.500 bits per heavy atom. The average Bonchev–Trinajstić information content (AvgIpc) is 2.88. The highest BCUT2D eigenvalue weighted by Gasteiger charge is 2.22. The second kappa shape index (κ2) is 7.93. The van der Waals surface area contributed by atoms with Gasteiger partial charge in [0.15, 0.2) is 0 Å². The number of pyridine rings is 1. The van der Waals surface area contributed by atoms with E-state index in [1.807, 2.05) is 0 Å². The molecule has 0 aliphatic rings. The molecule has 6 aromatic rings. The Bertz CT molecular complexity index is 1640. The van der Waals surface area contributed by atoms with Gasteiger partial charge in [0.25, 0.3) is 0 Å². The molecule has 0 saturated heterocycles. The van der Waals surface area contributed by atoms with E-state index < -0.39 is 8.07 Å². The van der Waals surface area contributed by atoms with Gasteiger partial charge >= 0.3 is 0 Å². The summed E-state index contributed by atoms with van der Waals surface area (Å²) in [4.78, 5) is 4.99. The monoisotopic (exact) mass is 453 g/mol. The minimum atomic E-state index is -1.56. The maximum atomic E-state index is 4.99. The summed E-state index contributed by atoms with van der Waals surface area (Å²) in [6.07, 6.45) is 2.13. The Labute approximate surface area is 201 Å². The molecule has 5 aromatic carbocycles. The molecule has 0 fully saturated rings. The molecule has 164 valence electrons. The van der Waals surface area contributed by atoms with Crippen molar-refractivity contribution in [1.82, 2.24) is 4.98 Å². The molecule has 1 heterocycles. The fourth-order valence-electron chi connectivity index (χ4n) is 5.13. The van der Waals surface area contributed by atoms with Gasteiger partial charge in [-0.3, -0.25) is 4.98 Å². The number of benzene rings is 5. The quantitative estimate of drug-likeness (QED) is 0.193. The van der Waals surface area contributed by atoms with Gasteiger partial charge in [0.05, 0.1) is 13.8 Å². The summed E-state index contributed by atoms with van der Waals surface area (Å²) >= 11 is 0. The highest BCUT2D eigenvalue weighted by Crippen LogP contribution is 2.37. The number of nitrogens with zero attached hydrogens (tertiary/aromatic N) is 1. The van der Waals surface area contributed by atoms with Gasteiger partial charge in [-0.05, 0) is 60.8 Å². The van der Waals surface area contributed by atoms with Gasteiger partial charge < -0.3 is 0 Å². The van der Waals surface area contributed by atoms with Crippen LogP contribution in [0, 0.1) is 0 Å². The SMILES string of the molecule is C[Si](C)(C)c1cnc(-c2ccc3c4ccccc4c4ccccc4c3c2)cc1-c1ccccc1. The molecule has 1 aromatic heterocycles. The third-order valence-corrected chi connectivity index (χ3v) is 8.85. The van der Waals surface area contributed by atoms with E-state index in [0.717, 1.165) is 11.3 Å². The van der Waals surface area contributed by atoms with Gasteiger partial charge in [-0.1, -0.05) is 111 Å². The number of fused-ring (bicyclic) bond motifs is 6. The number of hydrogen-bond acceptors (Lipinski definition) is 1. The molecule has 1 nitrogen and oxygen atoms in total. The fourth-order valence-corrected chi connectivity index (χ4v) is 6.61. The van der Waals surface area contributed by atoms with Crippen LogP contribution in [0.4, 0.5) is 0 Å². The van der Waals surface area contributed by atoms with E-state index in [4.69, 9.17) is 4.98 Å². The van der Waals surface area contributed by atoms with Gasteiger partial charge in [-0.2, -0.15) is 0 Å². The second-order valence-corrected chi connectivity index (χ2v) is 15.1. The lowest BCUT2D eigenvalue weighted by atomic mass is 9.92. The van der Waals surface area contributed by atoms with Crippen molar-refractivity contribution in [3.05, 3.63) is 109 Å². The van der Waals surface area contributed by atoms with Crippen LogP contribution in [0.2, 0.25) is 19.6 Å². The van der Waals surface area contributed by atoms with Crippen LogP contribution in [0.15, 0.2) is 109 Å². The molecule has 0 spiro atoms. The molecule has 0 radical (unpaired) electrons. The average molecular weight is 454 g/mol. The van der Waals surface area contributed by atoms with E-state index in [-0.39, 0.29) is 0 Å². The summed E-state index contributed by atoms with van der Waals surface area (Å²) in [5.74, 6) is 0. The van der Waals surface area contributed by atoms with Gasteiger partial charge in [-0.25, -0.2) is 0 Å². The molecular weight excluding hydrogens is 426 g/mol. The highest BCUT2D eigenvalue weighted by molar-refractivity contribution is 6.89. The zero-order valence-corrected chi connectivity index (χ0v) is 20.8. The first-order chi connectivity index (χ1) is 16.5. The van der Waals surface area contributed by atoms with Crippen LogP contribution in [0.3, 0.4) is 0 Å². The van der Waals surface area contributed by atoms with Crippen LogP contribution in [0.25, 0.3) is 54.7 Å². The predicted octanol–water partition coefficient (Wildman–Crippen LogP) is 8.42. The standard InChI is InChI=1S/C32H27NSi/c1-34(2,3)32-21-33-31(20-29(32)22-11-5-4-6-12-22)23-17-18-28-26-15-8-7-13-24(26)25-14-9-10-16-27(25)30(28)19-23/h4-21H,1-3H3. The van der Waals surface area contributed by atoms with Crippen LogP contribution in [0.5, 0.6) is 0 Å². The molecule has 0 saturated carbocycles. The zero-order valence-electron chi connectivity index (χ0n) is 19.8. The Kier molecular flexibility index (Phi) is 4.86. The molecule has 0 bridgehead atoms. The molecule has 34 heavy (non-hydrogen) atoms. The minimum Gasteiger partial charge on any atom is -0.256 e. The smallest absolute Gasteiger partial charge is 0.0804 e. The topological polar surface area (TPSA) is 12.9 Å². The van der Waals surface area contributed by atoms with Gasteiger partial charge in [-0.15, -0.1) is 0 Å². The van der Waals surface area contributed by atoms with E-state index in [2.05, 4.69) is 129 Å². The van der Waals surface area contributed by atoms with Crippen molar-refractivity contribution in [3.63, 3.8) is 0 Å². The van der Waals surface area contributed by atoms with Gasteiger partial charge in [0, 0.05) is 11.8 Å². The van der Waals surface area contributed by atoms with Gasteiger partial charge in [0.1, 0.15) is 0 Å². The molecule has 0 unspecified atom stereocenters. The number of rotatable bonds is 3.